The number of carbonyl (C=O) groups excluding carboxylic acids is 1. The molecule has 0 bridgehead atoms. The van der Waals surface area contributed by atoms with Crippen LogP contribution < -0.4 is 14.8 Å². The van der Waals surface area contributed by atoms with Crippen molar-refractivity contribution in [3.8, 4) is 17.2 Å². The molecule has 3 rings (SSSR count). The van der Waals surface area contributed by atoms with Crippen LogP contribution in [-0.2, 0) is 22.6 Å². The van der Waals surface area contributed by atoms with Gasteiger partial charge in [-0.2, -0.15) is 0 Å². The highest BCUT2D eigenvalue weighted by atomic mass is 79.9. The Kier molecular flexibility index (Phi) is 6.99. The van der Waals surface area contributed by atoms with Gasteiger partial charge in [-0.15, -0.1) is 0 Å². The second kappa shape index (κ2) is 9.48. The third-order valence-corrected chi connectivity index (χ3v) is 5.44. The highest BCUT2D eigenvalue weighted by Crippen LogP contribution is 2.40. The molecule has 0 saturated heterocycles. The fraction of sp³-hybridized carbons (Fsp3) is 0.250. The molecule has 0 saturated carbocycles. The number of nitrogens with one attached hydrogen (secondary N) is 1. The lowest BCUT2D eigenvalue weighted by Gasteiger charge is -2.13. The summed E-state index contributed by atoms with van der Waals surface area (Å²) < 4.78 is 14.4. The topological polar surface area (TPSA) is 103 Å². The number of fused-ring (bicyclic) bond motifs is 1. The zero-order valence-electron chi connectivity index (χ0n) is 16.2. The number of halogens is 2. The molecule has 2 aromatic carbocycles. The maximum absolute atomic E-state index is 11.8. The minimum Gasteiger partial charge on any atom is -0.482 e. The minimum absolute atomic E-state index is 0.102. The van der Waals surface area contributed by atoms with Crippen molar-refractivity contribution >= 4 is 54.8 Å². The first-order valence-corrected chi connectivity index (χ1v) is 10.6. The van der Waals surface area contributed by atoms with E-state index in [4.69, 9.17) is 14.6 Å². The number of benzene rings is 2. The van der Waals surface area contributed by atoms with Gasteiger partial charge in [0, 0.05) is 19.7 Å². The number of rotatable bonds is 8. The second-order valence-corrected chi connectivity index (χ2v) is 7.98. The Morgan fingerprint density at radius 3 is 2.47 bits per heavy atom. The highest BCUT2D eigenvalue weighted by molar-refractivity contribution is 9.11. The van der Waals surface area contributed by atoms with Crippen molar-refractivity contribution in [3.05, 3.63) is 45.1 Å². The molecule has 0 unspecified atom stereocenters. The van der Waals surface area contributed by atoms with Crippen molar-refractivity contribution in [2.24, 2.45) is 0 Å². The molecule has 0 radical (unpaired) electrons. The normalized spacial score (nSPS) is 10.8. The molecule has 1 aromatic heterocycles. The molecule has 0 aliphatic carbocycles. The van der Waals surface area contributed by atoms with Gasteiger partial charge in [0.25, 0.3) is 0 Å². The summed E-state index contributed by atoms with van der Waals surface area (Å²) in [5.41, 5.74) is 1.64. The summed E-state index contributed by atoms with van der Waals surface area (Å²) in [7, 11) is 1.60. The van der Waals surface area contributed by atoms with Gasteiger partial charge in [0.15, 0.2) is 12.4 Å². The largest absolute Gasteiger partial charge is 0.482 e. The zero-order chi connectivity index (χ0) is 21.8. The minimum atomic E-state index is -1.06. The Morgan fingerprint density at radius 1 is 1.17 bits per heavy atom. The Labute approximate surface area is 189 Å². The Hall–Kier alpha value is -2.59. The summed E-state index contributed by atoms with van der Waals surface area (Å²) in [6.45, 7) is 2.22. The fourth-order valence-electron chi connectivity index (χ4n) is 2.92. The lowest BCUT2D eigenvalue weighted by atomic mass is 10.3. The van der Waals surface area contributed by atoms with Crippen LogP contribution in [0.1, 0.15) is 12.7 Å². The summed E-state index contributed by atoms with van der Waals surface area (Å²) in [4.78, 5) is 27.0. The SMILES string of the molecule is CCn1c(CC(=O)NC)nc2ccc(Oc3c(Br)cc(OCC(=O)O)cc3Br)cc21. The number of imidazole rings is 1. The molecule has 0 atom stereocenters. The first-order chi connectivity index (χ1) is 14.3. The molecule has 0 aliphatic rings. The molecule has 2 N–H and O–H groups in total. The predicted molar refractivity (Wildman–Crippen MR) is 118 cm³/mol. The quantitative estimate of drug-likeness (QED) is 0.445. The van der Waals surface area contributed by atoms with Gasteiger partial charge < -0.3 is 24.5 Å². The maximum atomic E-state index is 11.8. The lowest BCUT2D eigenvalue weighted by Crippen LogP contribution is -2.22. The lowest BCUT2D eigenvalue weighted by molar-refractivity contribution is -0.139. The number of aliphatic carboxylic acids is 1. The summed E-state index contributed by atoms with van der Waals surface area (Å²) in [6.07, 6.45) is 0.199. The molecular formula is C20H19Br2N3O5. The summed E-state index contributed by atoms with van der Waals surface area (Å²) in [6, 6.07) is 8.79. The molecule has 0 aliphatic heterocycles. The maximum Gasteiger partial charge on any atom is 0.341 e. The molecule has 30 heavy (non-hydrogen) atoms. The van der Waals surface area contributed by atoms with Gasteiger partial charge in [-0.05, 0) is 63.0 Å². The molecule has 158 valence electrons. The van der Waals surface area contributed by atoms with Gasteiger partial charge in [-0.1, -0.05) is 0 Å². The Bertz CT molecular complexity index is 1090. The number of aromatic nitrogens is 2. The number of nitrogens with zero attached hydrogens (tertiary/aromatic N) is 2. The van der Waals surface area contributed by atoms with Gasteiger partial charge in [0.05, 0.1) is 26.4 Å². The van der Waals surface area contributed by atoms with Crippen LogP contribution in [0.5, 0.6) is 17.2 Å². The second-order valence-electron chi connectivity index (χ2n) is 6.27. The summed E-state index contributed by atoms with van der Waals surface area (Å²) in [5.74, 6) is 1.02. The standard InChI is InChI=1S/C20H19Br2N3O5/c1-3-25-16-8-11(4-5-15(16)24-17(25)9-18(26)23-2)30-20-13(21)6-12(7-14(20)22)29-10-19(27)28/h4-8H,3,9-10H2,1-2H3,(H,23,26)(H,27,28). The number of carboxylic acid groups (broad SMARTS) is 1. The number of likely N-dealkylation sites (N-methyl/N-ethyl adjacent to an activating group) is 1. The van der Waals surface area contributed by atoms with Crippen molar-refractivity contribution < 1.29 is 24.2 Å². The van der Waals surface area contributed by atoms with Gasteiger partial charge in [0.2, 0.25) is 5.91 Å². The van der Waals surface area contributed by atoms with Crippen molar-refractivity contribution in [2.75, 3.05) is 13.7 Å². The van der Waals surface area contributed by atoms with Crippen molar-refractivity contribution in [2.45, 2.75) is 19.9 Å². The number of aryl methyl sites for hydroxylation is 1. The van der Waals surface area contributed by atoms with E-state index in [1.807, 2.05) is 23.6 Å². The monoisotopic (exact) mass is 539 g/mol. The van der Waals surface area contributed by atoms with E-state index < -0.39 is 12.6 Å². The molecule has 8 nitrogen and oxygen atoms in total. The molecule has 0 fully saturated rings. The molecular weight excluding hydrogens is 522 g/mol. The van der Waals surface area contributed by atoms with Crippen LogP contribution in [0.15, 0.2) is 39.3 Å². The average molecular weight is 541 g/mol. The van der Waals surface area contributed by atoms with Crippen LogP contribution in [-0.4, -0.2) is 40.2 Å². The molecule has 1 heterocycles. The van der Waals surface area contributed by atoms with Gasteiger partial charge >= 0.3 is 5.97 Å². The Balaban J connectivity index is 1.90. The van der Waals surface area contributed by atoms with Gasteiger partial charge in [-0.25, -0.2) is 9.78 Å². The Morgan fingerprint density at radius 2 is 1.87 bits per heavy atom. The van der Waals surface area contributed by atoms with Crippen molar-refractivity contribution in [1.82, 2.24) is 14.9 Å². The van der Waals surface area contributed by atoms with E-state index >= 15 is 0 Å². The fourth-order valence-corrected chi connectivity index (χ4v) is 4.22. The van der Waals surface area contributed by atoms with Crippen LogP contribution >= 0.6 is 31.9 Å². The smallest absolute Gasteiger partial charge is 0.341 e. The molecule has 0 spiro atoms. The first-order valence-electron chi connectivity index (χ1n) is 9.03. The van der Waals surface area contributed by atoms with E-state index in [-0.39, 0.29) is 12.3 Å². The number of hydrogen-bond acceptors (Lipinski definition) is 5. The summed E-state index contributed by atoms with van der Waals surface area (Å²) in [5, 5.41) is 11.4. The predicted octanol–water partition coefficient (Wildman–Crippen LogP) is 4.13. The average Bonchev–Trinajstić information content (AvgIpc) is 3.05. The number of carbonyl (C=O) groups is 2. The third-order valence-electron chi connectivity index (χ3n) is 4.27. The van der Waals surface area contributed by atoms with Gasteiger partial charge in [-0.3, -0.25) is 4.79 Å². The van der Waals surface area contributed by atoms with Crippen LogP contribution in [0.3, 0.4) is 0 Å². The van der Waals surface area contributed by atoms with Gasteiger partial charge in [0.1, 0.15) is 17.3 Å². The van der Waals surface area contributed by atoms with E-state index in [2.05, 4.69) is 42.2 Å². The molecule has 3 aromatic rings. The molecule has 10 heteroatoms. The summed E-state index contributed by atoms with van der Waals surface area (Å²) >= 11 is 6.87. The number of hydrogen-bond donors (Lipinski definition) is 2. The number of ether oxygens (including phenoxy) is 2. The van der Waals surface area contributed by atoms with Crippen LogP contribution in [0.2, 0.25) is 0 Å². The number of amides is 1. The first kappa shape index (κ1) is 22.1. The molecule has 1 amide bonds. The van der Waals surface area contributed by atoms with E-state index in [1.54, 1.807) is 25.2 Å². The van der Waals surface area contributed by atoms with E-state index in [0.29, 0.717) is 38.6 Å². The zero-order valence-corrected chi connectivity index (χ0v) is 19.4. The van der Waals surface area contributed by atoms with E-state index in [0.717, 1.165) is 11.0 Å². The van der Waals surface area contributed by atoms with Crippen LogP contribution in [0.25, 0.3) is 11.0 Å². The van der Waals surface area contributed by atoms with Crippen molar-refractivity contribution in [3.63, 3.8) is 0 Å². The van der Waals surface area contributed by atoms with Crippen LogP contribution in [0.4, 0.5) is 0 Å². The van der Waals surface area contributed by atoms with Crippen molar-refractivity contribution in [1.29, 1.82) is 0 Å². The highest BCUT2D eigenvalue weighted by Gasteiger charge is 2.16. The number of carboxylic acids is 1. The van der Waals surface area contributed by atoms with Crippen LogP contribution in [0, 0.1) is 0 Å². The third kappa shape index (κ3) is 4.93. The van der Waals surface area contributed by atoms with E-state index in [9.17, 15) is 9.59 Å². The van der Waals surface area contributed by atoms with E-state index in [1.165, 1.54) is 0 Å².